The Morgan fingerprint density at radius 3 is 2.89 bits per heavy atom. The lowest BCUT2D eigenvalue weighted by Gasteiger charge is -2.15. The van der Waals surface area contributed by atoms with Gasteiger partial charge in [-0.3, -0.25) is 0 Å². The second-order valence-corrected chi connectivity index (χ2v) is 2.94. The molecule has 0 aliphatic carbocycles. The van der Waals surface area contributed by atoms with E-state index >= 15 is 0 Å². The van der Waals surface area contributed by atoms with Gasteiger partial charge in [0.1, 0.15) is 0 Å². The normalized spacial score (nSPS) is 30.7. The number of hydrogen-bond acceptors (Lipinski definition) is 1. The van der Waals surface area contributed by atoms with Crippen LogP contribution in [0.3, 0.4) is 0 Å². The molecule has 0 saturated carbocycles. The van der Waals surface area contributed by atoms with Crippen molar-refractivity contribution in [2.75, 3.05) is 6.61 Å². The van der Waals surface area contributed by atoms with Crippen molar-refractivity contribution in [1.82, 2.24) is 0 Å². The Labute approximate surface area is 57.4 Å². The van der Waals surface area contributed by atoms with Gasteiger partial charge in [0, 0.05) is 6.61 Å². The van der Waals surface area contributed by atoms with Gasteiger partial charge in [-0.1, -0.05) is 20.3 Å². The van der Waals surface area contributed by atoms with Gasteiger partial charge < -0.3 is 4.74 Å². The molecule has 0 aromatic carbocycles. The van der Waals surface area contributed by atoms with E-state index < -0.39 is 0 Å². The van der Waals surface area contributed by atoms with Crippen LogP contribution >= 0.6 is 0 Å². The molecule has 1 saturated heterocycles. The Bertz CT molecular complexity index is 74.6. The molecule has 1 aliphatic rings. The van der Waals surface area contributed by atoms with E-state index in [1.54, 1.807) is 0 Å². The van der Waals surface area contributed by atoms with Crippen molar-refractivity contribution >= 4 is 0 Å². The molecule has 1 heterocycles. The maximum atomic E-state index is 5.51. The van der Waals surface area contributed by atoms with Gasteiger partial charge in [0.15, 0.2) is 0 Å². The topological polar surface area (TPSA) is 9.23 Å². The van der Waals surface area contributed by atoms with Gasteiger partial charge in [0.05, 0.1) is 6.10 Å². The molecule has 0 aromatic rings. The first kappa shape index (κ1) is 7.07. The van der Waals surface area contributed by atoms with E-state index in [1.165, 1.54) is 19.3 Å². The smallest absolute Gasteiger partial charge is 0.0601 e. The van der Waals surface area contributed by atoms with Gasteiger partial charge in [-0.05, 0) is 18.8 Å². The van der Waals surface area contributed by atoms with Crippen LogP contribution in [0, 0.1) is 5.92 Å². The minimum atomic E-state index is 0.579. The summed E-state index contributed by atoms with van der Waals surface area (Å²) in [6.07, 6.45) is 4.39. The number of hydrogen-bond donors (Lipinski definition) is 0. The second-order valence-electron chi connectivity index (χ2n) is 2.94. The van der Waals surface area contributed by atoms with Gasteiger partial charge >= 0.3 is 0 Å². The summed E-state index contributed by atoms with van der Waals surface area (Å²) in [6, 6.07) is 0. The first-order valence-corrected chi connectivity index (χ1v) is 3.96. The minimum Gasteiger partial charge on any atom is -0.378 e. The Kier molecular flexibility index (Phi) is 2.52. The third-order valence-corrected chi connectivity index (χ3v) is 2.24. The van der Waals surface area contributed by atoms with Crippen LogP contribution in [0.2, 0.25) is 0 Å². The predicted molar refractivity (Wildman–Crippen MR) is 38.4 cm³/mol. The first-order valence-electron chi connectivity index (χ1n) is 3.96. The Balaban J connectivity index is 2.24. The van der Waals surface area contributed by atoms with Crippen molar-refractivity contribution in [3.8, 4) is 0 Å². The average Bonchev–Trinajstić information content (AvgIpc) is 2.37. The van der Waals surface area contributed by atoms with Crippen molar-refractivity contribution in [1.29, 1.82) is 0 Å². The molecule has 2 atom stereocenters. The van der Waals surface area contributed by atoms with E-state index in [0.29, 0.717) is 6.10 Å². The van der Waals surface area contributed by atoms with Crippen LogP contribution in [0.5, 0.6) is 0 Å². The number of ether oxygens (including phenoxy) is 1. The van der Waals surface area contributed by atoms with Gasteiger partial charge in [-0.25, -0.2) is 0 Å². The SMILES string of the molecule is CC[C@H](C)[C@@H]1CCCO1. The van der Waals surface area contributed by atoms with Crippen molar-refractivity contribution < 1.29 is 4.74 Å². The van der Waals surface area contributed by atoms with Crippen LogP contribution in [-0.2, 0) is 4.74 Å². The zero-order valence-corrected chi connectivity index (χ0v) is 6.39. The Morgan fingerprint density at radius 1 is 1.67 bits per heavy atom. The van der Waals surface area contributed by atoms with E-state index in [4.69, 9.17) is 4.74 Å². The zero-order chi connectivity index (χ0) is 6.69. The van der Waals surface area contributed by atoms with Crippen LogP contribution in [-0.4, -0.2) is 12.7 Å². The van der Waals surface area contributed by atoms with E-state index in [2.05, 4.69) is 13.8 Å². The Morgan fingerprint density at radius 2 is 2.44 bits per heavy atom. The molecule has 0 unspecified atom stereocenters. The predicted octanol–water partition coefficient (Wildman–Crippen LogP) is 2.21. The summed E-state index contributed by atoms with van der Waals surface area (Å²) >= 11 is 0. The molecule has 9 heavy (non-hydrogen) atoms. The lowest BCUT2D eigenvalue weighted by Crippen LogP contribution is -2.15. The molecule has 0 radical (unpaired) electrons. The highest BCUT2D eigenvalue weighted by Crippen LogP contribution is 2.21. The molecule has 0 amide bonds. The zero-order valence-electron chi connectivity index (χ0n) is 6.39. The molecule has 1 aliphatic heterocycles. The van der Waals surface area contributed by atoms with Gasteiger partial charge in [-0.15, -0.1) is 0 Å². The van der Waals surface area contributed by atoms with Crippen LogP contribution in [0.1, 0.15) is 33.1 Å². The fraction of sp³-hybridized carbons (Fsp3) is 1.00. The molecule has 1 fully saturated rings. The summed E-state index contributed by atoms with van der Waals surface area (Å²) in [7, 11) is 0. The molecule has 1 heteroatoms. The van der Waals surface area contributed by atoms with Crippen LogP contribution in [0.25, 0.3) is 0 Å². The first-order chi connectivity index (χ1) is 4.34. The van der Waals surface area contributed by atoms with E-state index in [-0.39, 0.29) is 0 Å². The fourth-order valence-electron chi connectivity index (χ4n) is 1.31. The lowest BCUT2D eigenvalue weighted by molar-refractivity contribution is 0.0681. The number of rotatable bonds is 2. The van der Waals surface area contributed by atoms with Gasteiger partial charge in [0.2, 0.25) is 0 Å². The fourth-order valence-corrected chi connectivity index (χ4v) is 1.31. The maximum absolute atomic E-state index is 5.51. The summed E-state index contributed by atoms with van der Waals surface area (Å²) in [5, 5.41) is 0. The van der Waals surface area contributed by atoms with Crippen LogP contribution < -0.4 is 0 Å². The molecule has 1 rings (SSSR count). The van der Waals surface area contributed by atoms with Crippen molar-refractivity contribution in [2.45, 2.75) is 39.2 Å². The van der Waals surface area contributed by atoms with Crippen molar-refractivity contribution in [3.05, 3.63) is 0 Å². The molecule has 0 N–H and O–H groups in total. The molecule has 1 nitrogen and oxygen atoms in total. The molecular formula is C8H16O. The van der Waals surface area contributed by atoms with E-state index in [9.17, 15) is 0 Å². The molecule has 0 aromatic heterocycles. The maximum Gasteiger partial charge on any atom is 0.0601 e. The van der Waals surface area contributed by atoms with Crippen LogP contribution in [0.15, 0.2) is 0 Å². The summed E-state index contributed by atoms with van der Waals surface area (Å²) < 4.78 is 5.51. The highest BCUT2D eigenvalue weighted by Gasteiger charge is 2.20. The standard InChI is InChI=1S/C8H16O/c1-3-7(2)8-5-4-6-9-8/h7-8H,3-6H2,1-2H3/t7-,8-/m0/s1. The quantitative estimate of drug-likeness (QED) is 0.554. The molecular weight excluding hydrogens is 112 g/mol. The third kappa shape index (κ3) is 1.68. The minimum absolute atomic E-state index is 0.579. The van der Waals surface area contributed by atoms with Crippen LogP contribution in [0.4, 0.5) is 0 Å². The summed E-state index contributed by atoms with van der Waals surface area (Å²) in [5.74, 6) is 0.771. The van der Waals surface area contributed by atoms with E-state index in [1.807, 2.05) is 0 Å². The molecule has 54 valence electrons. The lowest BCUT2D eigenvalue weighted by atomic mass is 10.00. The van der Waals surface area contributed by atoms with Crippen molar-refractivity contribution in [2.24, 2.45) is 5.92 Å². The molecule has 0 spiro atoms. The van der Waals surface area contributed by atoms with Gasteiger partial charge in [-0.2, -0.15) is 0 Å². The van der Waals surface area contributed by atoms with E-state index in [0.717, 1.165) is 12.5 Å². The average molecular weight is 128 g/mol. The Hall–Kier alpha value is -0.0400. The largest absolute Gasteiger partial charge is 0.378 e. The second kappa shape index (κ2) is 3.21. The summed E-state index contributed by atoms with van der Waals surface area (Å²) in [5.41, 5.74) is 0. The molecule has 0 bridgehead atoms. The summed E-state index contributed by atoms with van der Waals surface area (Å²) in [6.45, 7) is 5.50. The highest BCUT2D eigenvalue weighted by atomic mass is 16.5. The third-order valence-electron chi connectivity index (χ3n) is 2.24. The monoisotopic (exact) mass is 128 g/mol. The summed E-state index contributed by atoms with van der Waals surface area (Å²) in [4.78, 5) is 0. The van der Waals surface area contributed by atoms with Gasteiger partial charge in [0.25, 0.3) is 0 Å². The van der Waals surface area contributed by atoms with Crippen molar-refractivity contribution in [3.63, 3.8) is 0 Å². The highest BCUT2D eigenvalue weighted by molar-refractivity contribution is 4.69.